The number of sulfonamides is 1. The van der Waals surface area contributed by atoms with Gasteiger partial charge in [0.1, 0.15) is 0 Å². The minimum absolute atomic E-state index is 0.471. The zero-order chi connectivity index (χ0) is 12.3. The molecule has 0 aliphatic rings. The summed E-state index contributed by atoms with van der Waals surface area (Å²) in [6.07, 6.45) is 0. The van der Waals surface area contributed by atoms with Gasteiger partial charge in [-0.05, 0) is 22.9 Å². The predicted octanol–water partition coefficient (Wildman–Crippen LogP) is 2.11. The first-order chi connectivity index (χ1) is 8.11. The van der Waals surface area contributed by atoms with Gasteiger partial charge in [0, 0.05) is 5.69 Å². The molecule has 4 nitrogen and oxygen atoms in total. The van der Waals surface area contributed by atoms with Crippen molar-refractivity contribution in [3.05, 3.63) is 42.5 Å². The lowest BCUT2D eigenvalue weighted by Gasteiger charge is -2.06. The van der Waals surface area contributed by atoms with Crippen LogP contribution in [0.15, 0.2) is 42.5 Å². The highest BCUT2D eigenvalue weighted by molar-refractivity contribution is 7.92. The number of hydrogen-bond acceptors (Lipinski definition) is 3. The number of nitrogens with one attached hydrogen (secondary N) is 1. The molecule has 0 amide bonds. The van der Waals surface area contributed by atoms with E-state index >= 15 is 0 Å². The van der Waals surface area contributed by atoms with Crippen LogP contribution in [0, 0.1) is 11.3 Å². The largest absolute Gasteiger partial charge is 0.283 e. The Morgan fingerprint density at radius 1 is 1.12 bits per heavy atom. The fourth-order valence-corrected chi connectivity index (χ4v) is 2.28. The first-order valence-corrected chi connectivity index (χ1v) is 6.62. The van der Waals surface area contributed by atoms with E-state index in [1.807, 2.05) is 30.3 Å². The molecule has 0 saturated carbocycles. The molecule has 0 bridgehead atoms. The average Bonchev–Trinajstić information content (AvgIpc) is 2.28. The molecule has 2 aromatic rings. The maximum absolute atomic E-state index is 11.4. The topological polar surface area (TPSA) is 70.0 Å². The van der Waals surface area contributed by atoms with E-state index in [9.17, 15) is 8.42 Å². The Morgan fingerprint density at radius 2 is 1.82 bits per heavy atom. The summed E-state index contributed by atoms with van der Waals surface area (Å²) in [5, 5.41) is 10.4. The van der Waals surface area contributed by atoms with Gasteiger partial charge in [0.05, 0.1) is 6.07 Å². The van der Waals surface area contributed by atoms with Gasteiger partial charge >= 0.3 is 0 Å². The molecular formula is C12H10N2O2S. The number of nitrogens with zero attached hydrogens (tertiary/aromatic N) is 1. The average molecular weight is 246 g/mol. The fraction of sp³-hybridized carbons (Fsp3) is 0.0833. The second-order valence-corrected chi connectivity index (χ2v) is 5.30. The predicted molar refractivity (Wildman–Crippen MR) is 67.0 cm³/mol. The lowest BCUT2D eigenvalue weighted by atomic mass is 10.1. The van der Waals surface area contributed by atoms with Crippen molar-refractivity contribution < 1.29 is 8.42 Å². The van der Waals surface area contributed by atoms with Gasteiger partial charge < -0.3 is 0 Å². The molecule has 0 aromatic heterocycles. The van der Waals surface area contributed by atoms with Gasteiger partial charge in [-0.3, -0.25) is 4.72 Å². The van der Waals surface area contributed by atoms with Crippen molar-refractivity contribution >= 4 is 26.5 Å². The summed E-state index contributed by atoms with van der Waals surface area (Å²) in [6.45, 7) is 0. The number of fused-ring (bicyclic) bond motifs is 1. The summed E-state index contributed by atoms with van der Waals surface area (Å²) < 4.78 is 25.2. The molecule has 0 saturated heterocycles. The van der Waals surface area contributed by atoms with Gasteiger partial charge in [-0.25, -0.2) is 8.42 Å². The van der Waals surface area contributed by atoms with Crippen molar-refractivity contribution in [3.63, 3.8) is 0 Å². The number of hydrogen-bond donors (Lipinski definition) is 1. The van der Waals surface area contributed by atoms with Crippen molar-refractivity contribution in [1.29, 1.82) is 5.26 Å². The van der Waals surface area contributed by atoms with E-state index in [0.717, 1.165) is 10.8 Å². The molecule has 0 unspecified atom stereocenters. The zero-order valence-electron chi connectivity index (χ0n) is 8.92. The summed E-state index contributed by atoms with van der Waals surface area (Å²) in [7, 11) is -3.56. The van der Waals surface area contributed by atoms with Crippen molar-refractivity contribution in [1.82, 2.24) is 0 Å². The highest BCUT2D eigenvalue weighted by Gasteiger charge is 2.09. The molecule has 17 heavy (non-hydrogen) atoms. The van der Waals surface area contributed by atoms with Gasteiger partial charge in [-0.15, -0.1) is 0 Å². The number of nitriles is 1. The molecule has 0 heterocycles. The van der Waals surface area contributed by atoms with E-state index in [0.29, 0.717) is 5.69 Å². The van der Waals surface area contributed by atoms with Crippen molar-refractivity contribution in [2.24, 2.45) is 0 Å². The van der Waals surface area contributed by atoms with Gasteiger partial charge in [-0.2, -0.15) is 5.26 Å². The van der Waals surface area contributed by atoms with Gasteiger partial charge in [0.25, 0.3) is 0 Å². The molecule has 0 spiro atoms. The lowest BCUT2D eigenvalue weighted by molar-refractivity contribution is 0.604. The van der Waals surface area contributed by atoms with Gasteiger partial charge in [0.2, 0.25) is 10.0 Å². The molecular weight excluding hydrogens is 236 g/mol. The first kappa shape index (κ1) is 11.4. The minimum Gasteiger partial charge on any atom is -0.283 e. The SMILES string of the molecule is N#CCS(=O)(=O)Nc1ccc2ccccc2c1. The summed E-state index contributed by atoms with van der Waals surface area (Å²) in [4.78, 5) is 0. The van der Waals surface area contributed by atoms with E-state index in [1.54, 1.807) is 18.2 Å². The van der Waals surface area contributed by atoms with E-state index < -0.39 is 15.8 Å². The molecule has 0 atom stereocenters. The molecule has 0 fully saturated rings. The third-order valence-electron chi connectivity index (χ3n) is 2.28. The third-order valence-corrected chi connectivity index (χ3v) is 3.33. The van der Waals surface area contributed by atoms with Crippen LogP contribution >= 0.6 is 0 Å². The molecule has 5 heteroatoms. The van der Waals surface area contributed by atoms with E-state index in [2.05, 4.69) is 4.72 Å². The van der Waals surface area contributed by atoms with Gasteiger partial charge in [0.15, 0.2) is 5.75 Å². The zero-order valence-corrected chi connectivity index (χ0v) is 9.74. The lowest BCUT2D eigenvalue weighted by Crippen LogP contribution is -2.15. The van der Waals surface area contributed by atoms with Crippen LogP contribution < -0.4 is 4.72 Å². The molecule has 2 aromatic carbocycles. The Labute approximate surface area is 99.5 Å². The van der Waals surface area contributed by atoms with Crippen LogP contribution in [0.5, 0.6) is 0 Å². The number of benzene rings is 2. The molecule has 0 aliphatic carbocycles. The Balaban J connectivity index is 2.35. The molecule has 1 N–H and O–H groups in total. The Morgan fingerprint density at radius 3 is 2.53 bits per heavy atom. The minimum atomic E-state index is -3.56. The van der Waals surface area contributed by atoms with Crippen LogP contribution in [0.4, 0.5) is 5.69 Å². The quantitative estimate of drug-likeness (QED) is 0.901. The molecule has 0 aliphatic heterocycles. The summed E-state index contributed by atoms with van der Waals surface area (Å²) >= 11 is 0. The Bertz CT molecular complexity index is 687. The van der Waals surface area contributed by atoms with Crippen LogP contribution in [0.1, 0.15) is 0 Å². The van der Waals surface area contributed by atoms with Crippen molar-refractivity contribution in [2.75, 3.05) is 10.5 Å². The van der Waals surface area contributed by atoms with E-state index in [-0.39, 0.29) is 0 Å². The van der Waals surface area contributed by atoms with Gasteiger partial charge in [-0.1, -0.05) is 30.3 Å². The highest BCUT2D eigenvalue weighted by atomic mass is 32.2. The standard InChI is InChI=1S/C12H10N2O2S/c13-7-8-17(15,16)14-12-6-5-10-3-1-2-4-11(10)9-12/h1-6,9,14H,8H2. The Hall–Kier alpha value is -2.06. The second kappa shape index (κ2) is 4.44. The molecule has 86 valence electrons. The number of anilines is 1. The van der Waals surface area contributed by atoms with Crippen LogP contribution in [0.25, 0.3) is 10.8 Å². The van der Waals surface area contributed by atoms with E-state index in [1.165, 1.54) is 0 Å². The fourth-order valence-electron chi connectivity index (χ4n) is 1.55. The van der Waals surface area contributed by atoms with Crippen molar-refractivity contribution in [2.45, 2.75) is 0 Å². The maximum atomic E-state index is 11.4. The number of rotatable bonds is 3. The van der Waals surface area contributed by atoms with Crippen molar-refractivity contribution in [3.8, 4) is 6.07 Å². The maximum Gasteiger partial charge on any atom is 0.246 e. The second-order valence-electron chi connectivity index (χ2n) is 3.58. The smallest absolute Gasteiger partial charge is 0.246 e. The molecule has 2 rings (SSSR count). The molecule has 0 radical (unpaired) electrons. The Kier molecular flexibility index (Phi) is 2.98. The van der Waals surface area contributed by atoms with Crippen LogP contribution in [-0.4, -0.2) is 14.2 Å². The first-order valence-electron chi connectivity index (χ1n) is 4.97. The monoisotopic (exact) mass is 246 g/mol. The normalized spacial score (nSPS) is 11.0. The summed E-state index contributed by atoms with van der Waals surface area (Å²) in [6, 6.07) is 14.5. The van der Waals surface area contributed by atoms with Crippen LogP contribution in [-0.2, 0) is 10.0 Å². The van der Waals surface area contributed by atoms with Crippen LogP contribution in [0.2, 0.25) is 0 Å². The van der Waals surface area contributed by atoms with E-state index in [4.69, 9.17) is 5.26 Å². The third kappa shape index (κ3) is 2.74. The highest BCUT2D eigenvalue weighted by Crippen LogP contribution is 2.19. The van der Waals surface area contributed by atoms with Crippen LogP contribution in [0.3, 0.4) is 0 Å². The summed E-state index contributed by atoms with van der Waals surface area (Å²) in [5.74, 6) is -0.542. The summed E-state index contributed by atoms with van der Waals surface area (Å²) in [5.41, 5.74) is 0.471.